The third-order valence-electron chi connectivity index (χ3n) is 3.23. The van der Waals surface area contributed by atoms with E-state index in [9.17, 15) is 0 Å². The van der Waals surface area contributed by atoms with Gasteiger partial charge >= 0.3 is 0 Å². The van der Waals surface area contributed by atoms with Crippen LogP contribution < -0.4 is 5.73 Å². The van der Waals surface area contributed by atoms with Gasteiger partial charge in [-0.05, 0) is 26.7 Å². The van der Waals surface area contributed by atoms with Crippen molar-refractivity contribution >= 4 is 0 Å². The number of aliphatic hydroxyl groups excluding tert-OH is 1. The van der Waals surface area contributed by atoms with Crippen molar-refractivity contribution in [1.29, 1.82) is 0 Å². The molecule has 3 heteroatoms. The fourth-order valence-electron chi connectivity index (χ4n) is 2.47. The first-order valence-corrected chi connectivity index (χ1v) is 5.79. The predicted molar refractivity (Wildman–Crippen MR) is 59.2 cm³/mol. The molecule has 1 aliphatic carbocycles. The van der Waals surface area contributed by atoms with Crippen LogP contribution in [0.25, 0.3) is 0 Å². The van der Waals surface area contributed by atoms with Gasteiger partial charge in [0, 0.05) is 24.7 Å². The van der Waals surface area contributed by atoms with Gasteiger partial charge in [-0.25, -0.2) is 0 Å². The summed E-state index contributed by atoms with van der Waals surface area (Å²) in [6.45, 7) is 5.35. The van der Waals surface area contributed by atoms with Gasteiger partial charge in [-0.3, -0.25) is 4.90 Å². The minimum atomic E-state index is 0.238. The number of hydrogen-bond donors (Lipinski definition) is 2. The standard InChI is InChI=1S/C11H24N2O/c1-9(2)13(7-8-14)11-6-4-3-5-10(11)12/h9-11,14H,3-8,12H2,1-2H3. The summed E-state index contributed by atoms with van der Waals surface area (Å²) in [5.74, 6) is 0. The van der Waals surface area contributed by atoms with Crippen molar-refractivity contribution in [1.82, 2.24) is 4.90 Å². The lowest BCUT2D eigenvalue weighted by Gasteiger charge is -2.40. The summed E-state index contributed by atoms with van der Waals surface area (Å²) in [6, 6.07) is 1.27. The molecule has 1 aliphatic rings. The van der Waals surface area contributed by atoms with Crippen molar-refractivity contribution in [3.05, 3.63) is 0 Å². The monoisotopic (exact) mass is 200 g/mol. The zero-order chi connectivity index (χ0) is 10.6. The van der Waals surface area contributed by atoms with E-state index in [-0.39, 0.29) is 6.61 Å². The first kappa shape index (κ1) is 12.0. The largest absolute Gasteiger partial charge is 0.395 e. The van der Waals surface area contributed by atoms with Crippen molar-refractivity contribution in [2.45, 2.75) is 57.7 Å². The molecule has 14 heavy (non-hydrogen) atoms. The van der Waals surface area contributed by atoms with Crippen LogP contribution in [-0.4, -0.2) is 41.3 Å². The first-order chi connectivity index (χ1) is 6.66. The van der Waals surface area contributed by atoms with Crippen molar-refractivity contribution in [2.75, 3.05) is 13.2 Å². The molecule has 1 rings (SSSR count). The highest BCUT2D eigenvalue weighted by Gasteiger charge is 2.28. The third-order valence-corrected chi connectivity index (χ3v) is 3.23. The summed E-state index contributed by atoms with van der Waals surface area (Å²) >= 11 is 0. The molecule has 0 amide bonds. The summed E-state index contributed by atoms with van der Waals surface area (Å²) in [5.41, 5.74) is 6.12. The van der Waals surface area contributed by atoms with Gasteiger partial charge in [0.25, 0.3) is 0 Å². The van der Waals surface area contributed by atoms with E-state index in [1.807, 2.05) is 0 Å². The van der Waals surface area contributed by atoms with Crippen LogP contribution in [0.1, 0.15) is 39.5 Å². The Bertz CT molecular complexity index is 159. The lowest BCUT2D eigenvalue weighted by molar-refractivity contribution is 0.0825. The van der Waals surface area contributed by atoms with Crippen molar-refractivity contribution in [3.63, 3.8) is 0 Å². The van der Waals surface area contributed by atoms with Crippen molar-refractivity contribution in [3.8, 4) is 0 Å². The quantitative estimate of drug-likeness (QED) is 0.710. The highest BCUT2D eigenvalue weighted by Crippen LogP contribution is 2.23. The SMILES string of the molecule is CC(C)N(CCO)C1CCCCC1N. The van der Waals surface area contributed by atoms with E-state index < -0.39 is 0 Å². The molecule has 2 atom stereocenters. The number of hydrogen-bond acceptors (Lipinski definition) is 3. The minimum absolute atomic E-state index is 0.238. The Hall–Kier alpha value is -0.120. The zero-order valence-electron chi connectivity index (χ0n) is 9.45. The van der Waals surface area contributed by atoms with E-state index in [4.69, 9.17) is 10.8 Å². The van der Waals surface area contributed by atoms with Crippen molar-refractivity contribution in [2.24, 2.45) is 5.73 Å². The molecular weight excluding hydrogens is 176 g/mol. The molecule has 0 aliphatic heterocycles. The number of nitrogens with zero attached hydrogens (tertiary/aromatic N) is 1. The molecule has 0 heterocycles. The van der Waals surface area contributed by atoms with Crippen LogP contribution in [0.3, 0.4) is 0 Å². The van der Waals surface area contributed by atoms with Gasteiger partial charge in [0.2, 0.25) is 0 Å². The van der Waals surface area contributed by atoms with Crippen LogP contribution in [-0.2, 0) is 0 Å². The van der Waals surface area contributed by atoms with Crippen LogP contribution in [0.4, 0.5) is 0 Å². The lowest BCUT2D eigenvalue weighted by atomic mass is 9.89. The Morgan fingerprint density at radius 2 is 2.00 bits per heavy atom. The normalized spacial score (nSPS) is 28.7. The lowest BCUT2D eigenvalue weighted by Crippen LogP contribution is -2.52. The van der Waals surface area contributed by atoms with Gasteiger partial charge < -0.3 is 10.8 Å². The molecule has 0 aromatic rings. The van der Waals surface area contributed by atoms with Crippen LogP contribution in [0, 0.1) is 0 Å². The maximum atomic E-state index is 9.02. The predicted octanol–water partition coefficient (Wildman–Crippen LogP) is 0.959. The topological polar surface area (TPSA) is 49.5 Å². The molecule has 0 aromatic heterocycles. The van der Waals surface area contributed by atoms with Gasteiger partial charge in [0.1, 0.15) is 0 Å². The maximum Gasteiger partial charge on any atom is 0.0558 e. The van der Waals surface area contributed by atoms with Gasteiger partial charge in [-0.2, -0.15) is 0 Å². The maximum absolute atomic E-state index is 9.02. The fourth-order valence-corrected chi connectivity index (χ4v) is 2.47. The molecule has 3 nitrogen and oxygen atoms in total. The highest BCUT2D eigenvalue weighted by molar-refractivity contribution is 4.87. The van der Waals surface area contributed by atoms with E-state index in [1.54, 1.807) is 0 Å². The van der Waals surface area contributed by atoms with Gasteiger partial charge in [0.15, 0.2) is 0 Å². The molecule has 3 N–H and O–H groups in total. The first-order valence-electron chi connectivity index (χ1n) is 5.79. The van der Waals surface area contributed by atoms with E-state index in [2.05, 4.69) is 18.7 Å². The van der Waals surface area contributed by atoms with Crippen LogP contribution in [0.2, 0.25) is 0 Å². The summed E-state index contributed by atoms with van der Waals surface area (Å²) in [4.78, 5) is 2.35. The summed E-state index contributed by atoms with van der Waals surface area (Å²) in [7, 11) is 0. The second-order valence-electron chi connectivity index (χ2n) is 4.57. The molecule has 2 unspecified atom stereocenters. The highest BCUT2D eigenvalue weighted by atomic mass is 16.3. The van der Waals surface area contributed by atoms with E-state index in [0.717, 1.165) is 13.0 Å². The summed E-state index contributed by atoms with van der Waals surface area (Å²) < 4.78 is 0. The van der Waals surface area contributed by atoms with Gasteiger partial charge in [0.05, 0.1) is 6.61 Å². The molecule has 0 radical (unpaired) electrons. The van der Waals surface area contributed by atoms with Crippen LogP contribution >= 0.6 is 0 Å². The average Bonchev–Trinajstić information content (AvgIpc) is 2.15. The average molecular weight is 200 g/mol. The minimum Gasteiger partial charge on any atom is -0.395 e. The molecule has 84 valence electrons. The summed E-state index contributed by atoms with van der Waals surface area (Å²) in [6.07, 6.45) is 4.88. The molecule has 1 saturated carbocycles. The molecule has 0 bridgehead atoms. The van der Waals surface area contributed by atoms with Crippen molar-refractivity contribution < 1.29 is 5.11 Å². The Morgan fingerprint density at radius 3 is 2.50 bits per heavy atom. The Morgan fingerprint density at radius 1 is 1.36 bits per heavy atom. The van der Waals surface area contributed by atoms with E-state index in [1.165, 1.54) is 19.3 Å². The second kappa shape index (κ2) is 5.69. The zero-order valence-corrected chi connectivity index (χ0v) is 9.45. The summed E-state index contributed by atoms with van der Waals surface area (Å²) in [5, 5.41) is 9.02. The van der Waals surface area contributed by atoms with Gasteiger partial charge in [-0.15, -0.1) is 0 Å². The Labute approximate surface area is 87.3 Å². The van der Waals surface area contributed by atoms with E-state index in [0.29, 0.717) is 18.1 Å². The molecule has 0 aromatic carbocycles. The fraction of sp³-hybridized carbons (Fsp3) is 1.00. The number of nitrogens with two attached hydrogens (primary N) is 1. The Balaban J connectivity index is 2.55. The van der Waals surface area contributed by atoms with Crippen LogP contribution in [0.5, 0.6) is 0 Å². The third kappa shape index (κ3) is 2.94. The molecule has 1 fully saturated rings. The number of rotatable bonds is 4. The molecule has 0 spiro atoms. The molecule has 0 saturated heterocycles. The second-order valence-corrected chi connectivity index (χ2v) is 4.57. The van der Waals surface area contributed by atoms with Crippen LogP contribution in [0.15, 0.2) is 0 Å². The van der Waals surface area contributed by atoms with E-state index >= 15 is 0 Å². The molecular formula is C11H24N2O. The number of aliphatic hydroxyl groups is 1. The van der Waals surface area contributed by atoms with Gasteiger partial charge in [-0.1, -0.05) is 12.8 Å². The smallest absolute Gasteiger partial charge is 0.0558 e. The Kier molecular flexibility index (Phi) is 4.85.